The highest BCUT2D eigenvalue weighted by molar-refractivity contribution is 9.10. The molecule has 2 amide bonds. The van der Waals surface area contributed by atoms with Gasteiger partial charge in [-0.2, -0.15) is 10.1 Å². The maximum atomic E-state index is 12.8. The first-order valence-electron chi connectivity index (χ1n) is 10.4. The number of allylic oxidation sites excluding steroid dienone is 2. The number of hydrazone groups is 1. The fraction of sp³-hybridized carbons (Fsp3) is 0.292. The average Bonchev–Trinajstić information content (AvgIpc) is 3.46. The molecule has 1 aliphatic heterocycles. The quantitative estimate of drug-likeness (QED) is 0.271. The number of carbonyl (C=O) groups excluding carboxylic acids is 2. The number of halogens is 3. The minimum absolute atomic E-state index is 0.150. The summed E-state index contributed by atoms with van der Waals surface area (Å²) in [6, 6.07) is 8.71. The fourth-order valence-electron chi connectivity index (χ4n) is 4.87. The predicted molar refractivity (Wildman–Crippen MR) is 129 cm³/mol. The molecule has 2 bridgehead atoms. The van der Waals surface area contributed by atoms with Crippen LogP contribution in [0.1, 0.15) is 17.5 Å². The van der Waals surface area contributed by atoms with E-state index in [9.17, 15) is 9.59 Å². The Balaban J connectivity index is 1.33. The second kappa shape index (κ2) is 8.78. The van der Waals surface area contributed by atoms with Crippen LogP contribution in [-0.2, 0) is 16.2 Å². The van der Waals surface area contributed by atoms with E-state index >= 15 is 0 Å². The van der Waals surface area contributed by atoms with Crippen LogP contribution in [0.5, 0.6) is 11.5 Å². The molecule has 0 aromatic heterocycles. The Labute approximate surface area is 209 Å². The van der Waals surface area contributed by atoms with Crippen LogP contribution < -0.4 is 9.47 Å². The maximum absolute atomic E-state index is 12.8. The van der Waals surface area contributed by atoms with E-state index in [1.54, 1.807) is 30.3 Å². The summed E-state index contributed by atoms with van der Waals surface area (Å²) < 4.78 is 12.1. The number of nitrogens with zero attached hydrogens (tertiary/aromatic N) is 2. The molecule has 3 aliphatic rings. The van der Waals surface area contributed by atoms with Crippen molar-refractivity contribution in [3.8, 4) is 11.5 Å². The Bertz CT molecular complexity index is 1190. The number of rotatable bonds is 6. The molecule has 33 heavy (non-hydrogen) atoms. The van der Waals surface area contributed by atoms with Gasteiger partial charge in [-0.15, -0.1) is 0 Å². The van der Waals surface area contributed by atoms with Gasteiger partial charge in [0.15, 0.2) is 11.5 Å². The summed E-state index contributed by atoms with van der Waals surface area (Å²) in [4.78, 5) is 25.6. The molecule has 5 rings (SSSR count). The first-order valence-corrected chi connectivity index (χ1v) is 12.0. The highest BCUT2D eigenvalue weighted by atomic mass is 79.9. The average molecular weight is 550 g/mol. The third-order valence-corrected chi connectivity index (χ3v) is 7.58. The van der Waals surface area contributed by atoms with Gasteiger partial charge in [0.2, 0.25) is 0 Å². The number of benzene rings is 2. The van der Waals surface area contributed by atoms with E-state index in [0.717, 1.165) is 17.0 Å². The Morgan fingerprint density at radius 3 is 2.45 bits per heavy atom. The van der Waals surface area contributed by atoms with Crippen LogP contribution in [0.2, 0.25) is 10.0 Å². The lowest BCUT2D eigenvalue weighted by atomic mass is 9.85. The standard InChI is InChI=1S/C24H19BrCl2N2O4/c1-32-19-7-12(6-17(25)22(19)33-11-15-4-5-16(26)9-18(15)27)10-28-29-23(30)20-13-2-3-14(8-13)21(20)24(29)31/h2-7,9-10,13-14,20-21H,8,11H2,1H3/b28-10-/t13-,14-,20-,21-/m0/s1. The Kier molecular flexibility index (Phi) is 5.97. The van der Waals surface area contributed by atoms with Gasteiger partial charge in [0, 0.05) is 15.6 Å². The smallest absolute Gasteiger partial charge is 0.254 e. The number of fused-ring (bicyclic) bond motifs is 5. The first kappa shape index (κ1) is 22.4. The number of ether oxygens (including phenoxy) is 2. The van der Waals surface area contributed by atoms with Crippen molar-refractivity contribution in [3.63, 3.8) is 0 Å². The lowest BCUT2D eigenvalue weighted by Gasteiger charge is -2.15. The molecule has 170 valence electrons. The second-order valence-corrected chi connectivity index (χ2v) is 9.99. The molecular weight excluding hydrogens is 531 g/mol. The Morgan fingerprint density at radius 2 is 1.82 bits per heavy atom. The normalized spacial score (nSPS) is 25.4. The van der Waals surface area contributed by atoms with Gasteiger partial charge in [0.05, 0.1) is 29.6 Å². The van der Waals surface area contributed by atoms with Gasteiger partial charge < -0.3 is 9.47 Å². The largest absolute Gasteiger partial charge is 0.493 e. The topological polar surface area (TPSA) is 68.2 Å². The van der Waals surface area contributed by atoms with Crippen LogP contribution in [-0.4, -0.2) is 30.1 Å². The SMILES string of the molecule is COc1cc(/C=N\N2C(=O)[C@@H]3[C@@H](C2=O)[C@H]2C=C[C@H]3C2)cc(Br)c1OCc1ccc(Cl)cc1Cl. The molecule has 6 nitrogen and oxygen atoms in total. The van der Waals surface area contributed by atoms with Gasteiger partial charge in [0.1, 0.15) is 6.61 Å². The summed E-state index contributed by atoms with van der Waals surface area (Å²) in [5, 5.41) is 6.31. The minimum atomic E-state index is -0.276. The van der Waals surface area contributed by atoms with Crippen molar-refractivity contribution in [1.29, 1.82) is 0 Å². The number of imide groups is 1. The van der Waals surface area contributed by atoms with Crippen LogP contribution in [0.4, 0.5) is 0 Å². The summed E-state index contributed by atoms with van der Waals surface area (Å²) in [5.41, 5.74) is 1.43. The summed E-state index contributed by atoms with van der Waals surface area (Å²) in [7, 11) is 1.53. The predicted octanol–water partition coefficient (Wildman–Crippen LogP) is 5.48. The Hall–Kier alpha value is -2.35. The summed E-state index contributed by atoms with van der Waals surface area (Å²) in [6.07, 6.45) is 6.49. The van der Waals surface area contributed by atoms with Crippen molar-refractivity contribution in [2.45, 2.75) is 13.0 Å². The van der Waals surface area contributed by atoms with Crippen LogP contribution in [0.25, 0.3) is 0 Å². The zero-order chi connectivity index (χ0) is 23.3. The third kappa shape index (κ3) is 3.96. The Morgan fingerprint density at radius 1 is 1.12 bits per heavy atom. The van der Waals surface area contributed by atoms with Crippen molar-refractivity contribution >= 4 is 57.2 Å². The number of hydrogen-bond donors (Lipinski definition) is 0. The monoisotopic (exact) mass is 548 g/mol. The fourth-order valence-corrected chi connectivity index (χ4v) is 5.91. The highest BCUT2D eigenvalue weighted by Crippen LogP contribution is 2.52. The van der Waals surface area contributed by atoms with Crippen molar-refractivity contribution in [1.82, 2.24) is 5.01 Å². The van der Waals surface area contributed by atoms with E-state index in [1.807, 2.05) is 0 Å². The molecule has 0 spiro atoms. The van der Waals surface area contributed by atoms with Gasteiger partial charge in [0.25, 0.3) is 11.8 Å². The minimum Gasteiger partial charge on any atom is -0.493 e. The van der Waals surface area contributed by atoms with Gasteiger partial charge in [-0.05, 0) is 64.0 Å². The highest BCUT2D eigenvalue weighted by Gasteiger charge is 2.59. The van der Waals surface area contributed by atoms with Crippen LogP contribution >= 0.6 is 39.1 Å². The molecule has 2 aromatic rings. The van der Waals surface area contributed by atoms with E-state index < -0.39 is 0 Å². The van der Waals surface area contributed by atoms with E-state index in [4.69, 9.17) is 32.7 Å². The molecule has 0 unspecified atom stereocenters. The van der Waals surface area contributed by atoms with Crippen LogP contribution in [0, 0.1) is 23.7 Å². The lowest BCUT2D eigenvalue weighted by molar-refractivity contribution is -0.140. The molecule has 1 saturated heterocycles. The molecule has 0 N–H and O–H groups in total. The van der Waals surface area contributed by atoms with Gasteiger partial charge >= 0.3 is 0 Å². The molecule has 1 heterocycles. The first-order chi connectivity index (χ1) is 15.9. The zero-order valence-corrected chi connectivity index (χ0v) is 20.6. The molecule has 2 aliphatic carbocycles. The molecule has 1 saturated carbocycles. The summed E-state index contributed by atoms with van der Waals surface area (Å²) in [6.45, 7) is 0.217. The zero-order valence-electron chi connectivity index (χ0n) is 17.5. The van der Waals surface area contributed by atoms with Gasteiger partial charge in [-0.25, -0.2) is 0 Å². The number of amides is 2. The molecule has 0 radical (unpaired) electrons. The summed E-state index contributed by atoms with van der Waals surface area (Å²) >= 11 is 15.7. The van der Waals surface area contributed by atoms with E-state index in [-0.39, 0.29) is 42.1 Å². The van der Waals surface area contributed by atoms with Gasteiger partial charge in [-0.1, -0.05) is 41.4 Å². The molecular formula is C24H19BrCl2N2O4. The number of hydrogen-bond acceptors (Lipinski definition) is 5. The van der Waals surface area contributed by atoms with Crippen LogP contribution in [0.15, 0.2) is 52.1 Å². The van der Waals surface area contributed by atoms with E-state index in [1.165, 1.54) is 13.3 Å². The molecule has 9 heteroatoms. The second-order valence-electron chi connectivity index (χ2n) is 8.29. The summed E-state index contributed by atoms with van der Waals surface area (Å²) in [5.74, 6) is 0.267. The van der Waals surface area contributed by atoms with Crippen molar-refractivity contribution in [3.05, 3.63) is 68.1 Å². The molecule has 2 aromatic carbocycles. The van der Waals surface area contributed by atoms with Gasteiger partial charge in [-0.3, -0.25) is 9.59 Å². The van der Waals surface area contributed by atoms with E-state index in [2.05, 4.69) is 33.2 Å². The molecule has 2 fully saturated rings. The van der Waals surface area contributed by atoms with Crippen molar-refractivity contribution < 1.29 is 19.1 Å². The van der Waals surface area contributed by atoms with E-state index in [0.29, 0.717) is 31.6 Å². The molecule has 4 atom stereocenters. The number of methoxy groups -OCH3 is 1. The van der Waals surface area contributed by atoms with Crippen molar-refractivity contribution in [2.24, 2.45) is 28.8 Å². The lowest BCUT2D eigenvalue weighted by Crippen LogP contribution is -2.28. The van der Waals surface area contributed by atoms with Crippen LogP contribution in [0.3, 0.4) is 0 Å². The maximum Gasteiger partial charge on any atom is 0.254 e. The number of carbonyl (C=O) groups is 2. The third-order valence-electron chi connectivity index (χ3n) is 6.41. The van der Waals surface area contributed by atoms with Crippen molar-refractivity contribution in [2.75, 3.05) is 7.11 Å².